The summed E-state index contributed by atoms with van der Waals surface area (Å²) in [6, 6.07) is 12.1. The zero-order chi connectivity index (χ0) is 26.4. The first-order chi connectivity index (χ1) is 19.0. The zero-order valence-corrected chi connectivity index (χ0v) is 23.3. The van der Waals surface area contributed by atoms with Crippen LogP contribution in [0.2, 0.25) is 0 Å². The van der Waals surface area contributed by atoms with Gasteiger partial charge in [-0.15, -0.1) is 0 Å². The molecule has 9 nitrogen and oxygen atoms in total. The molecule has 2 saturated heterocycles. The van der Waals surface area contributed by atoms with E-state index in [0.717, 1.165) is 54.0 Å². The summed E-state index contributed by atoms with van der Waals surface area (Å²) in [4.78, 5) is 27.9. The lowest BCUT2D eigenvalue weighted by molar-refractivity contribution is -0.117. The van der Waals surface area contributed by atoms with Crippen molar-refractivity contribution in [2.45, 2.75) is 60.9 Å². The SMILES string of the molecule is CN1CCC2(CCN(c3cc(Nc4cc(C5CC5)[nH]n4)nc(Sc4ccc(NC(=O)C5CC5)cc4)n3)CC2)C1. The van der Waals surface area contributed by atoms with E-state index in [1.165, 1.54) is 62.6 Å². The number of anilines is 4. The van der Waals surface area contributed by atoms with Gasteiger partial charge in [0.2, 0.25) is 5.91 Å². The van der Waals surface area contributed by atoms with Crippen LogP contribution in [0.5, 0.6) is 0 Å². The molecule has 3 aromatic rings. The number of nitrogens with one attached hydrogen (secondary N) is 3. The van der Waals surface area contributed by atoms with Crippen LogP contribution in [-0.4, -0.2) is 64.2 Å². The van der Waals surface area contributed by atoms with E-state index in [1.54, 1.807) is 0 Å². The third-order valence-corrected chi connectivity index (χ3v) is 9.49. The number of piperidine rings is 1. The van der Waals surface area contributed by atoms with E-state index in [9.17, 15) is 4.79 Å². The number of likely N-dealkylation sites (tertiary alicyclic amines) is 1. The van der Waals surface area contributed by atoms with Gasteiger partial charge in [0.05, 0.1) is 0 Å². The molecule has 0 radical (unpaired) electrons. The molecule has 2 saturated carbocycles. The molecule has 2 aliphatic carbocycles. The van der Waals surface area contributed by atoms with Crippen molar-refractivity contribution < 1.29 is 4.79 Å². The van der Waals surface area contributed by atoms with Crippen LogP contribution in [0.15, 0.2) is 46.5 Å². The molecule has 1 spiro atoms. The highest BCUT2D eigenvalue weighted by molar-refractivity contribution is 7.99. The van der Waals surface area contributed by atoms with E-state index in [0.29, 0.717) is 16.5 Å². The van der Waals surface area contributed by atoms with Gasteiger partial charge < -0.3 is 20.4 Å². The van der Waals surface area contributed by atoms with Gasteiger partial charge in [-0.25, -0.2) is 9.97 Å². The third-order valence-electron chi connectivity index (χ3n) is 8.62. The molecule has 7 rings (SSSR count). The molecule has 4 fully saturated rings. The van der Waals surface area contributed by atoms with Crippen LogP contribution in [0.3, 0.4) is 0 Å². The molecular weight excluding hydrogens is 508 g/mol. The number of H-pyrrole nitrogens is 1. The molecule has 0 unspecified atom stereocenters. The first kappa shape index (κ1) is 24.9. The van der Waals surface area contributed by atoms with Crippen LogP contribution in [0, 0.1) is 11.3 Å². The second-order valence-electron chi connectivity index (χ2n) is 11.9. The average molecular weight is 545 g/mol. The largest absolute Gasteiger partial charge is 0.356 e. The molecule has 204 valence electrons. The van der Waals surface area contributed by atoms with Gasteiger partial charge in [-0.05, 0) is 100.0 Å². The lowest BCUT2D eigenvalue weighted by Crippen LogP contribution is -2.41. The first-order valence-electron chi connectivity index (χ1n) is 14.2. The summed E-state index contributed by atoms with van der Waals surface area (Å²) >= 11 is 1.54. The number of amides is 1. The molecule has 10 heteroatoms. The lowest BCUT2D eigenvalue weighted by Gasteiger charge is -2.39. The summed E-state index contributed by atoms with van der Waals surface area (Å²) in [6.45, 7) is 4.44. The highest BCUT2D eigenvalue weighted by Crippen LogP contribution is 2.42. The predicted octanol–water partition coefficient (Wildman–Crippen LogP) is 5.24. The zero-order valence-electron chi connectivity index (χ0n) is 22.4. The van der Waals surface area contributed by atoms with Crippen LogP contribution in [-0.2, 0) is 4.79 Å². The van der Waals surface area contributed by atoms with Crippen molar-refractivity contribution >= 4 is 40.8 Å². The maximum absolute atomic E-state index is 12.1. The van der Waals surface area contributed by atoms with Crippen molar-refractivity contribution in [3.05, 3.63) is 42.1 Å². The van der Waals surface area contributed by atoms with Crippen LogP contribution in [0.25, 0.3) is 0 Å². The number of rotatable bonds is 8. The Balaban J connectivity index is 1.10. The molecule has 0 atom stereocenters. The fourth-order valence-corrected chi connectivity index (χ4v) is 6.66. The lowest BCUT2D eigenvalue weighted by atomic mass is 9.78. The summed E-state index contributed by atoms with van der Waals surface area (Å²) in [5, 5.41) is 14.8. The van der Waals surface area contributed by atoms with Crippen molar-refractivity contribution in [1.29, 1.82) is 0 Å². The Kier molecular flexibility index (Phi) is 6.47. The monoisotopic (exact) mass is 544 g/mol. The van der Waals surface area contributed by atoms with Gasteiger partial charge in [-0.3, -0.25) is 9.89 Å². The summed E-state index contributed by atoms with van der Waals surface area (Å²) in [5.74, 6) is 3.44. The average Bonchev–Trinajstić information content (AvgIpc) is 3.87. The van der Waals surface area contributed by atoms with E-state index >= 15 is 0 Å². The Morgan fingerprint density at radius 3 is 2.46 bits per heavy atom. The minimum Gasteiger partial charge on any atom is -0.356 e. The third kappa shape index (κ3) is 5.77. The topological polar surface area (TPSA) is 102 Å². The number of hydrogen-bond acceptors (Lipinski definition) is 8. The van der Waals surface area contributed by atoms with E-state index < -0.39 is 0 Å². The molecule has 3 N–H and O–H groups in total. The van der Waals surface area contributed by atoms with Gasteiger partial charge in [0.15, 0.2) is 11.0 Å². The normalized spacial score (nSPS) is 20.9. The Morgan fingerprint density at radius 1 is 1.00 bits per heavy atom. The Hall–Kier alpha value is -3.11. The number of carbonyl (C=O) groups is 1. The molecule has 4 heterocycles. The van der Waals surface area contributed by atoms with Crippen molar-refractivity contribution in [2.75, 3.05) is 48.8 Å². The van der Waals surface area contributed by atoms with Gasteiger partial charge in [-0.2, -0.15) is 5.10 Å². The van der Waals surface area contributed by atoms with Crippen molar-refractivity contribution in [1.82, 2.24) is 25.1 Å². The molecular formula is C29H36N8OS. The maximum atomic E-state index is 12.1. The summed E-state index contributed by atoms with van der Waals surface area (Å²) in [6.07, 6.45) is 8.16. The van der Waals surface area contributed by atoms with Crippen molar-refractivity contribution in [2.24, 2.45) is 11.3 Å². The summed E-state index contributed by atoms with van der Waals surface area (Å²) in [7, 11) is 2.24. The molecule has 0 bridgehead atoms. The number of aromatic nitrogens is 4. The van der Waals surface area contributed by atoms with Gasteiger partial charge in [0.25, 0.3) is 0 Å². The van der Waals surface area contributed by atoms with E-state index in [2.05, 4.69) is 49.8 Å². The summed E-state index contributed by atoms with van der Waals surface area (Å²) in [5.41, 5.74) is 2.48. The Morgan fingerprint density at radius 2 is 1.77 bits per heavy atom. The first-order valence-corrected chi connectivity index (χ1v) is 15.1. The number of benzene rings is 1. The second kappa shape index (κ2) is 10.1. The number of aromatic amines is 1. The van der Waals surface area contributed by atoms with E-state index in [-0.39, 0.29) is 11.8 Å². The van der Waals surface area contributed by atoms with Crippen LogP contribution < -0.4 is 15.5 Å². The van der Waals surface area contributed by atoms with Gasteiger partial charge >= 0.3 is 0 Å². The fourth-order valence-electron chi connectivity index (χ4n) is 5.90. The minimum absolute atomic E-state index is 0.123. The molecule has 1 aromatic carbocycles. The highest BCUT2D eigenvalue weighted by atomic mass is 32.2. The smallest absolute Gasteiger partial charge is 0.227 e. The molecule has 2 aliphatic heterocycles. The minimum atomic E-state index is 0.123. The van der Waals surface area contributed by atoms with E-state index in [1.807, 2.05) is 24.3 Å². The van der Waals surface area contributed by atoms with Gasteiger partial charge in [0, 0.05) is 59.9 Å². The van der Waals surface area contributed by atoms with Crippen molar-refractivity contribution in [3.8, 4) is 0 Å². The predicted molar refractivity (Wildman–Crippen MR) is 154 cm³/mol. The van der Waals surface area contributed by atoms with Crippen molar-refractivity contribution in [3.63, 3.8) is 0 Å². The van der Waals surface area contributed by atoms with Crippen LogP contribution in [0.4, 0.5) is 23.1 Å². The summed E-state index contributed by atoms with van der Waals surface area (Å²) < 4.78 is 0. The Labute approximate surface area is 233 Å². The molecule has 4 aliphatic rings. The number of hydrogen-bond donors (Lipinski definition) is 3. The Bertz CT molecular complexity index is 1340. The number of nitrogens with zero attached hydrogens (tertiary/aromatic N) is 5. The molecule has 2 aromatic heterocycles. The fraction of sp³-hybridized carbons (Fsp3) is 0.517. The standard InChI is InChI=1S/C29H36N8OS/c1-36-13-10-29(18-36)11-14-37(15-12-29)26-17-24(31-25-16-23(34-35-25)19-2-3-19)32-28(33-26)39-22-8-6-21(7-9-22)30-27(38)20-4-5-20/h6-9,16-17,19-20H,2-5,10-15,18H2,1H3,(H,30,38)(H2,31,32,33,34,35). The van der Waals surface area contributed by atoms with Crippen LogP contribution >= 0.6 is 11.8 Å². The maximum Gasteiger partial charge on any atom is 0.227 e. The quantitative estimate of drug-likeness (QED) is 0.331. The van der Waals surface area contributed by atoms with E-state index in [4.69, 9.17) is 9.97 Å². The van der Waals surface area contributed by atoms with Gasteiger partial charge in [-0.1, -0.05) is 0 Å². The second-order valence-corrected chi connectivity index (χ2v) is 12.9. The van der Waals surface area contributed by atoms with Crippen LogP contribution in [0.1, 0.15) is 56.6 Å². The molecule has 1 amide bonds. The van der Waals surface area contributed by atoms with Gasteiger partial charge in [0.1, 0.15) is 11.6 Å². The number of carbonyl (C=O) groups excluding carboxylic acids is 1. The molecule has 39 heavy (non-hydrogen) atoms. The highest BCUT2D eigenvalue weighted by Gasteiger charge is 2.39.